The topological polar surface area (TPSA) is 38.1 Å². The zero-order chi connectivity index (χ0) is 14.0. The molecule has 0 amide bonds. The lowest BCUT2D eigenvalue weighted by Gasteiger charge is -2.12. The SMILES string of the molecule is CC(Sc1ncc(CO)n1C)c1ccc(Cl)c(Cl)c1. The standard InChI is InChI=1S/C13H14Cl2N2OS/c1-8(9-3-4-11(14)12(15)5-9)19-13-16-6-10(7-18)17(13)2/h3-6,8,18H,7H2,1-2H3. The predicted octanol–water partition coefficient (Wildman–Crippen LogP) is 4.07. The quantitative estimate of drug-likeness (QED) is 0.864. The van der Waals surface area contributed by atoms with Crippen LogP contribution in [0.2, 0.25) is 10.0 Å². The highest BCUT2D eigenvalue weighted by Gasteiger charge is 2.13. The number of benzene rings is 1. The van der Waals surface area contributed by atoms with Crippen molar-refractivity contribution in [2.45, 2.75) is 23.9 Å². The molecule has 0 aliphatic carbocycles. The number of halogens is 2. The van der Waals surface area contributed by atoms with Gasteiger partial charge >= 0.3 is 0 Å². The third-order valence-corrected chi connectivity index (χ3v) is 4.85. The van der Waals surface area contributed by atoms with Crippen LogP contribution in [0.4, 0.5) is 0 Å². The molecular formula is C13H14Cl2N2OS. The summed E-state index contributed by atoms with van der Waals surface area (Å²) in [4.78, 5) is 4.30. The fraction of sp³-hybridized carbons (Fsp3) is 0.308. The number of thioether (sulfide) groups is 1. The Hall–Kier alpha value is -0.680. The summed E-state index contributed by atoms with van der Waals surface area (Å²) >= 11 is 13.5. The molecule has 6 heteroatoms. The number of rotatable bonds is 4. The number of hydrogen-bond acceptors (Lipinski definition) is 3. The van der Waals surface area contributed by atoms with Crippen LogP contribution in [0.15, 0.2) is 29.6 Å². The van der Waals surface area contributed by atoms with Gasteiger partial charge in [-0.3, -0.25) is 0 Å². The molecule has 2 rings (SSSR count). The summed E-state index contributed by atoms with van der Waals surface area (Å²) in [5.74, 6) is 0. The van der Waals surface area contributed by atoms with E-state index in [2.05, 4.69) is 11.9 Å². The van der Waals surface area contributed by atoms with Crippen LogP contribution in [0.1, 0.15) is 23.4 Å². The van der Waals surface area contributed by atoms with Crippen LogP contribution in [0.5, 0.6) is 0 Å². The van der Waals surface area contributed by atoms with E-state index < -0.39 is 0 Å². The lowest BCUT2D eigenvalue weighted by molar-refractivity contribution is 0.271. The summed E-state index contributed by atoms with van der Waals surface area (Å²) in [6.07, 6.45) is 1.68. The molecule has 0 fully saturated rings. The molecule has 0 saturated carbocycles. The van der Waals surface area contributed by atoms with Crippen LogP contribution < -0.4 is 0 Å². The normalized spacial score (nSPS) is 12.7. The van der Waals surface area contributed by atoms with E-state index in [-0.39, 0.29) is 11.9 Å². The van der Waals surface area contributed by atoms with Gasteiger partial charge in [0.15, 0.2) is 5.16 Å². The minimum absolute atomic E-state index is 0.00872. The van der Waals surface area contributed by atoms with Crippen LogP contribution in [0, 0.1) is 0 Å². The molecule has 0 saturated heterocycles. The molecule has 0 aliphatic rings. The van der Waals surface area contributed by atoms with E-state index in [9.17, 15) is 0 Å². The zero-order valence-electron chi connectivity index (χ0n) is 10.6. The van der Waals surface area contributed by atoms with Gasteiger partial charge in [0.25, 0.3) is 0 Å². The molecule has 1 N–H and O–H groups in total. The number of aliphatic hydroxyl groups is 1. The van der Waals surface area contributed by atoms with Crippen LogP contribution in [0.3, 0.4) is 0 Å². The molecule has 0 spiro atoms. The highest BCUT2D eigenvalue weighted by molar-refractivity contribution is 7.99. The first-order valence-electron chi connectivity index (χ1n) is 5.76. The summed E-state index contributed by atoms with van der Waals surface area (Å²) < 4.78 is 1.89. The van der Waals surface area contributed by atoms with Crippen molar-refractivity contribution in [1.29, 1.82) is 0 Å². The Labute approximate surface area is 126 Å². The average Bonchev–Trinajstić information content (AvgIpc) is 2.73. The van der Waals surface area contributed by atoms with Crippen LogP contribution >= 0.6 is 35.0 Å². The van der Waals surface area contributed by atoms with Crippen molar-refractivity contribution in [3.8, 4) is 0 Å². The summed E-state index contributed by atoms with van der Waals surface area (Å²) in [6.45, 7) is 2.07. The van der Waals surface area contributed by atoms with E-state index in [1.54, 1.807) is 24.0 Å². The van der Waals surface area contributed by atoms with Crippen molar-refractivity contribution in [2.24, 2.45) is 7.05 Å². The molecule has 3 nitrogen and oxygen atoms in total. The Kier molecular flexibility index (Phi) is 4.79. The van der Waals surface area contributed by atoms with Gasteiger partial charge in [0.1, 0.15) is 0 Å². The second kappa shape index (κ2) is 6.18. The maximum absolute atomic E-state index is 9.15. The van der Waals surface area contributed by atoms with Crippen molar-refractivity contribution in [3.63, 3.8) is 0 Å². The molecule has 2 aromatic rings. The largest absolute Gasteiger partial charge is 0.390 e. The van der Waals surface area contributed by atoms with Gasteiger partial charge in [-0.05, 0) is 24.6 Å². The third-order valence-electron chi connectivity index (χ3n) is 2.90. The van der Waals surface area contributed by atoms with E-state index in [4.69, 9.17) is 28.3 Å². The van der Waals surface area contributed by atoms with Crippen LogP contribution in [0.25, 0.3) is 0 Å². The summed E-state index contributed by atoms with van der Waals surface area (Å²) in [7, 11) is 1.89. The van der Waals surface area contributed by atoms with Crippen LogP contribution in [-0.4, -0.2) is 14.7 Å². The Morgan fingerprint density at radius 2 is 2.11 bits per heavy atom. The van der Waals surface area contributed by atoms with Gasteiger partial charge in [-0.2, -0.15) is 0 Å². The summed E-state index contributed by atoms with van der Waals surface area (Å²) in [6, 6.07) is 5.63. The maximum Gasteiger partial charge on any atom is 0.168 e. The van der Waals surface area contributed by atoms with Gasteiger partial charge < -0.3 is 9.67 Å². The number of imidazole rings is 1. The van der Waals surface area contributed by atoms with Crippen molar-refractivity contribution < 1.29 is 5.11 Å². The Bertz CT molecular complexity index is 586. The number of aliphatic hydroxyl groups excluding tert-OH is 1. The Morgan fingerprint density at radius 3 is 2.68 bits per heavy atom. The first-order chi connectivity index (χ1) is 9.02. The van der Waals surface area contributed by atoms with E-state index in [1.165, 1.54) is 0 Å². The second-order valence-electron chi connectivity index (χ2n) is 4.18. The Morgan fingerprint density at radius 1 is 1.37 bits per heavy atom. The van der Waals surface area contributed by atoms with E-state index >= 15 is 0 Å². The van der Waals surface area contributed by atoms with Gasteiger partial charge in [-0.15, -0.1) is 0 Å². The molecule has 19 heavy (non-hydrogen) atoms. The molecule has 1 unspecified atom stereocenters. The molecule has 1 atom stereocenters. The molecule has 1 aromatic heterocycles. The fourth-order valence-electron chi connectivity index (χ4n) is 1.67. The molecular weight excluding hydrogens is 303 g/mol. The smallest absolute Gasteiger partial charge is 0.168 e. The summed E-state index contributed by atoms with van der Waals surface area (Å²) in [5.41, 5.74) is 1.89. The fourth-order valence-corrected chi connectivity index (χ4v) is 2.97. The lowest BCUT2D eigenvalue weighted by atomic mass is 10.2. The van der Waals surface area contributed by atoms with Crippen molar-refractivity contribution in [1.82, 2.24) is 9.55 Å². The highest BCUT2D eigenvalue weighted by Crippen LogP contribution is 2.36. The van der Waals surface area contributed by atoms with Gasteiger partial charge in [0.05, 0.1) is 28.5 Å². The first kappa shape index (κ1) is 14.7. The minimum atomic E-state index is -0.00872. The van der Waals surface area contributed by atoms with Crippen molar-refractivity contribution >= 4 is 35.0 Å². The van der Waals surface area contributed by atoms with Gasteiger partial charge in [0, 0.05) is 12.3 Å². The van der Waals surface area contributed by atoms with Crippen molar-refractivity contribution in [2.75, 3.05) is 0 Å². The minimum Gasteiger partial charge on any atom is -0.390 e. The second-order valence-corrected chi connectivity index (χ2v) is 6.31. The number of hydrogen-bond donors (Lipinski definition) is 1. The van der Waals surface area contributed by atoms with E-state index in [0.717, 1.165) is 16.4 Å². The van der Waals surface area contributed by atoms with Gasteiger partial charge in [-0.1, -0.05) is 41.0 Å². The number of aromatic nitrogens is 2. The third kappa shape index (κ3) is 3.26. The number of nitrogens with zero attached hydrogens (tertiary/aromatic N) is 2. The van der Waals surface area contributed by atoms with Crippen molar-refractivity contribution in [3.05, 3.63) is 45.7 Å². The van der Waals surface area contributed by atoms with Gasteiger partial charge in [-0.25, -0.2) is 4.98 Å². The monoisotopic (exact) mass is 316 g/mol. The Balaban J connectivity index is 2.18. The summed E-state index contributed by atoms with van der Waals surface area (Å²) in [5, 5.41) is 11.3. The molecule has 0 aliphatic heterocycles. The average molecular weight is 317 g/mol. The van der Waals surface area contributed by atoms with E-state index in [0.29, 0.717) is 10.0 Å². The molecule has 1 heterocycles. The molecule has 0 bridgehead atoms. The van der Waals surface area contributed by atoms with E-state index in [1.807, 2.05) is 23.7 Å². The maximum atomic E-state index is 9.15. The predicted molar refractivity (Wildman–Crippen MR) is 79.9 cm³/mol. The first-order valence-corrected chi connectivity index (χ1v) is 7.39. The molecule has 1 aromatic carbocycles. The zero-order valence-corrected chi connectivity index (χ0v) is 12.9. The molecule has 102 valence electrons. The van der Waals surface area contributed by atoms with Gasteiger partial charge in [0.2, 0.25) is 0 Å². The highest BCUT2D eigenvalue weighted by atomic mass is 35.5. The molecule has 0 radical (unpaired) electrons. The van der Waals surface area contributed by atoms with Crippen LogP contribution in [-0.2, 0) is 13.7 Å². The lowest BCUT2D eigenvalue weighted by Crippen LogP contribution is -1.99.